The number of aryl methyl sites for hydroxylation is 2. The molecule has 0 aliphatic rings. The molecule has 0 saturated heterocycles. The Morgan fingerprint density at radius 3 is 2.38 bits per heavy atom. The molecule has 3 rings (SSSR count). The molecule has 0 unspecified atom stereocenters. The minimum Gasteiger partial charge on any atom is -0.490 e. The van der Waals surface area contributed by atoms with Gasteiger partial charge in [0.25, 0.3) is 5.56 Å². The molecule has 0 radical (unpaired) electrons. The van der Waals surface area contributed by atoms with E-state index in [9.17, 15) is 9.59 Å². The van der Waals surface area contributed by atoms with E-state index in [0.29, 0.717) is 48.2 Å². The van der Waals surface area contributed by atoms with E-state index < -0.39 is 11.2 Å². The van der Waals surface area contributed by atoms with Crippen LogP contribution in [0.2, 0.25) is 0 Å². The van der Waals surface area contributed by atoms with Crippen LogP contribution < -0.4 is 20.7 Å². The molecule has 0 aliphatic carbocycles. The van der Waals surface area contributed by atoms with Gasteiger partial charge in [-0.05, 0) is 39.0 Å². The smallest absolute Gasteiger partial charge is 0.333 e. The second-order valence-corrected chi connectivity index (χ2v) is 6.32. The molecule has 0 saturated carbocycles. The van der Waals surface area contributed by atoms with Crippen LogP contribution >= 0.6 is 0 Å². The molecule has 2 aromatic heterocycles. The van der Waals surface area contributed by atoms with Gasteiger partial charge in [0.2, 0.25) is 0 Å². The van der Waals surface area contributed by atoms with Gasteiger partial charge >= 0.3 is 5.69 Å². The number of aromatic nitrogens is 4. The molecule has 0 aliphatic heterocycles. The predicted octanol–water partition coefficient (Wildman–Crippen LogP) is 2.01. The first-order valence-electron chi connectivity index (χ1n) is 9.51. The topological polar surface area (TPSA) is 80.3 Å². The zero-order valence-corrected chi connectivity index (χ0v) is 17.1. The van der Waals surface area contributed by atoms with Crippen molar-refractivity contribution >= 4 is 11.2 Å². The molecule has 8 nitrogen and oxygen atoms in total. The highest BCUT2D eigenvalue weighted by molar-refractivity contribution is 5.77. The Morgan fingerprint density at radius 1 is 1.07 bits per heavy atom. The summed E-state index contributed by atoms with van der Waals surface area (Å²) in [4.78, 5) is 30.2. The largest absolute Gasteiger partial charge is 0.490 e. The van der Waals surface area contributed by atoms with Crippen molar-refractivity contribution in [1.29, 1.82) is 0 Å². The second-order valence-electron chi connectivity index (χ2n) is 6.32. The van der Waals surface area contributed by atoms with E-state index in [1.807, 2.05) is 39.0 Å². The third-order valence-corrected chi connectivity index (χ3v) is 4.61. The zero-order valence-electron chi connectivity index (χ0n) is 17.1. The number of hydrogen-bond acceptors (Lipinski definition) is 5. The third-order valence-electron chi connectivity index (χ3n) is 4.61. The number of imidazole rings is 1. The first-order valence-corrected chi connectivity index (χ1v) is 9.51. The number of terminal acetylenes is 1. The van der Waals surface area contributed by atoms with Gasteiger partial charge in [0.15, 0.2) is 22.7 Å². The Labute approximate surface area is 168 Å². The molecule has 29 heavy (non-hydrogen) atoms. The van der Waals surface area contributed by atoms with Crippen molar-refractivity contribution in [3.05, 3.63) is 39.0 Å². The molecule has 0 N–H and O–H groups in total. The van der Waals surface area contributed by atoms with Gasteiger partial charge in [0.1, 0.15) is 5.82 Å². The van der Waals surface area contributed by atoms with Crippen LogP contribution in [-0.2, 0) is 20.1 Å². The Morgan fingerprint density at radius 2 is 1.76 bits per heavy atom. The molecule has 0 spiro atoms. The molecular formula is C21H24N4O4. The van der Waals surface area contributed by atoms with Crippen LogP contribution in [0.3, 0.4) is 0 Å². The Hall–Kier alpha value is -3.47. The Balaban J connectivity index is 2.30. The Bertz CT molecular complexity index is 1210. The van der Waals surface area contributed by atoms with Crippen molar-refractivity contribution < 1.29 is 9.47 Å². The van der Waals surface area contributed by atoms with Gasteiger partial charge < -0.3 is 14.0 Å². The Kier molecular flexibility index (Phi) is 5.78. The zero-order chi connectivity index (χ0) is 21.1. The first-order chi connectivity index (χ1) is 14.0. The molecule has 8 heteroatoms. The fourth-order valence-electron chi connectivity index (χ4n) is 3.33. The summed E-state index contributed by atoms with van der Waals surface area (Å²) in [6.07, 6.45) is 5.35. The van der Waals surface area contributed by atoms with E-state index in [2.05, 4.69) is 10.9 Å². The molecule has 2 heterocycles. The predicted molar refractivity (Wildman–Crippen MR) is 112 cm³/mol. The minimum absolute atomic E-state index is 0.0916. The monoisotopic (exact) mass is 396 g/mol. The third kappa shape index (κ3) is 3.40. The van der Waals surface area contributed by atoms with Crippen molar-refractivity contribution in [2.75, 3.05) is 13.2 Å². The summed E-state index contributed by atoms with van der Waals surface area (Å²) in [6, 6.07) is 5.49. The normalized spacial score (nSPS) is 10.9. The van der Waals surface area contributed by atoms with Crippen LogP contribution in [0.1, 0.15) is 20.8 Å². The quantitative estimate of drug-likeness (QED) is 0.571. The highest BCUT2D eigenvalue weighted by atomic mass is 16.5. The van der Waals surface area contributed by atoms with Gasteiger partial charge in [-0.2, -0.15) is 0 Å². The number of fused-ring (bicyclic) bond motifs is 1. The maximum atomic E-state index is 12.9. The van der Waals surface area contributed by atoms with Crippen LogP contribution in [0.5, 0.6) is 11.5 Å². The maximum absolute atomic E-state index is 12.9. The van der Waals surface area contributed by atoms with Crippen LogP contribution in [0.4, 0.5) is 0 Å². The first kappa shape index (κ1) is 20.3. The number of ether oxygens (including phenoxy) is 2. The van der Waals surface area contributed by atoms with Crippen molar-refractivity contribution in [1.82, 2.24) is 18.7 Å². The number of rotatable bonds is 7. The maximum Gasteiger partial charge on any atom is 0.333 e. The summed E-state index contributed by atoms with van der Waals surface area (Å²) >= 11 is 0. The lowest BCUT2D eigenvalue weighted by molar-refractivity contribution is 0.288. The van der Waals surface area contributed by atoms with Crippen molar-refractivity contribution in [2.24, 2.45) is 7.05 Å². The average Bonchev–Trinajstić information content (AvgIpc) is 3.04. The molecule has 0 atom stereocenters. The van der Waals surface area contributed by atoms with Gasteiger partial charge in [0.05, 0.1) is 19.8 Å². The van der Waals surface area contributed by atoms with Gasteiger partial charge in [-0.25, -0.2) is 14.3 Å². The summed E-state index contributed by atoms with van der Waals surface area (Å²) in [5, 5.41) is 0. The summed E-state index contributed by atoms with van der Waals surface area (Å²) < 4.78 is 15.5. The van der Waals surface area contributed by atoms with E-state index in [1.54, 1.807) is 11.6 Å². The summed E-state index contributed by atoms with van der Waals surface area (Å²) in [6.45, 7) is 6.90. The van der Waals surface area contributed by atoms with E-state index in [1.165, 1.54) is 4.57 Å². The lowest BCUT2D eigenvalue weighted by Crippen LogP contribution is -2.40. The van der Waals surface area contributed by atoms with Crippen LogP contribution in [0, 0.1) is 12.3 Å². The standard InChI is InChI=1S/C21H24N4O4/c1-6-12-25-20(26)17-19(24(7-2)21(25)27)22-18(23(17)5)14-10-11-15(28-8-3)16(13-14)29-9-4/h1,10-11,13H,7-9,12H2,2-5H3. The average molecular weight is 396 g/mol. The molecule has 0 bridgehead atoms. The van der Waals surface area contributed by atoms with Crippen molar-refractivity contribution in [3.63, 3.8) is 0 Å². The highest BCUT2D eigenvalue weighted by Gasteiger charge is 2.20. The van der Waals surface area contributed by atoms with E-state index in [4.69, 9.17) is 15.9 Å². The summed E-state index contributed by atoms with van der Waals surface area (Å²) in [5.74, 6) is 4.14. The molecule has 1 aromatic carbocycles. The lowest BCUT2D eigenvalue weighted by Gasteiger charge is -2.12. The van der Waals surface area contributed by atoms with E-state index in [0.717, 1.165) is 10.1 Å². The van der Waals surface area contributed by atoms with Gasteiger partial charge in [0, 0.05) is 19.2 Å². The lowest BCUT2D eigenvalue weighted by atomic mass is 10.2. The van der Waals surface area contributed by atoms with Crippen molar-refractivity contribution in [3.8, 4) is 35.2 Å². The molecule has 152 valence electrons. The molecule has 3 aromatic rings. The van der Waals surface area contributed by atoms with Crippen LogP contribution in [0.25, 0.3) is 22.6 Å². The van der Waals surface area contributed by atoms with Crippen LogP contribution in [-0.4, -0.2) is 31.9 Å². The van der Waals surface area contributed by atoms with Crippen LogP contribution in [0.15, 0.2) is 27.8 Å². The fourth-order valence-corrected chi connectivity index (χ4v) is 3.33. The number of benzene rings is 1. The van der Waals surface area contributed by atoms with Gasteiger partial charge in [-0.1, -0.05) is 5.92 Å². The molecule has 0 amide bonds. The molecule has 0 fully saturated rings. The number of nitrogens with zero attached hydrogens (tertiary/aromatic N) is 4. The highest BCUT2D eigenvalue weighted by Crippen LogP contribution is 2.33. The van der Waals surface area contributed by atoms with Gasteiger partial charge in [-0.15, -0.1) is 6.42 Å². The summed E-state index contributed by atoms with van der Waals surface area (Å²) in [7, 11) is 1.74. The molecular weight excluding hydrogens is 372 g/mol. The second kappa shape index (κ2) is 8.27. The van der Waals surface area contributed by atoms with Crippen molar-refractivity contribution in [2.45, 2.75) is 33.9 Å². The minimum atomic E-state index is -0.464. The summed E-state index contributed by atoms with van der Waals surface area (Å²) in [5.41, 5.74) is 0.483. The van der Waals surface area contributed by atoms with E-state index >= 15 is 0 Å². The van der Waals surface area contributed by atoms with E-state index in [-0.39, 0.29) is 6.54 Å². The SMILES string of the molecule is C#CCn1c(=O)c2c(nc(-c3ccc(OCC)c(OCC)c3)n2C)n(CC)c1=O. The van der Waals surface area contributed by atoms with Gasteiger partial charge in [-0.3, -0.25) is 9.36 Å². The fraction of sp³-hybridized carbons (Fsp3) is 0.381. The number of hydrogen-bond donors (Lipinski definition) is 0.